The van der Waals surface area contributed by atoms with E-state index in [2.05, 4.69) is 10.1 Å². The number of carbonyl (C=O) groups excluding carboxylic acids is 2. The van der Waals surface area contributed by atoms with Crippen molar-refractivity contribution in [1.82, 2.24) is 5.01 Å². The van der Waals surface area contributed by atoms with Crippen molar-refractivity contribution in [3.63, 3.8) is 0 Å². The average Bonchev–Trinajstić information content (AvgIpc) is 3.48. The van der Waals surface area contributed by atoms with E-state index in [-0.39, 0.29) is 11.4 Å². The number of nitrogens with zero attached hydrogens (tertiary/aromatic N) is 3. The van der Waals surface area contributed by atoms with Gasteiger partial charge in [-0.05, 0) is 66.0 Å². The lowest BCUT2D eigenvalue weighted by atomic mass is 10.1. The van der Waals surface area contributed by atoms with Crippen LogP contribution in [-0.2, 0) is 11.2 Å². The Morgan fingerprint density at radius 2 is 1.97 bits per heavy atom. The highest BCUT2D eigenvalue weighted by Crippen LogP contribution is 2.30. The number of thiophene rings is 1. The number of carbonyl (C=O) groups is 2. The molecular formula is C25H18N4O3S2. The highest BCUT2D eigenvalue weighted by atomic mass is 32.2. The molecule has 34 heavy (non-hydrogen) atoms. The fraction of sp³-hybridized carbons (Fsp3) is 0.0800. The maximum absolute atomic E-state index is 12.6. The van der Waals surface area contributed by atoms with Crippen LogP contribution >= 0.6 is 23.1 Å². The largest absolute Gasteiger partial charge is 0.423 e. The molecule has 7 nitrogen and oxygen atoms in total. The number of ether oxygens (including phenoxy) is 1. The molecule has 1 N–H and O–H groups in total. The van der Waals surface area contributed by atoms with E-state index in [1.807, 2.05) is 30.5 Å². The van der Waals surface area contributed by atoms with Gasteiger partial charge in [0.05, 0.1) is 11.1 Å². The number of fused-ring (bicyclic) bond motifs is 1. The predicted octanol–water partition coefficient (Wildman–Crippen LogP) is 5.14. The Kier molecular flexibility index (Phi) is 5.95. The first kappa shape index (κ1) is 22.0. The first-order chi connectivity index (χ1) is 16.5. The molecule has 0 atom stereocenters. The number of aryl methyl sites for hydroxylation is 1. The van der Waals surface area contributed by atoms with Gasteiger partial charge in [0.1, 0.15) is 10.8 Å². The molecule has 3 aromatic rings. The number of hydrogen-bond donors (Lipinski definition) is 1. The van der Waals surface area contributed by atoms with Crippen LogP contribution in [0, 0.1) is 12.3 Å². The third kappa shape index (κ3) is 4.61. The third-order valence-corrected chi connectivity index (χ3v) is 6.84. The minimum atomic E-state index is -0.480. The van der Waals surface area contributed by atoms with Crippen molar-refractivity contribution >= 4 is 57.1 Å². The Balaban J connectivity index is 1.31. The highest BCUT2D eigenvalue weighted by Gasteiger charge is 2.35. The van der Waals surface area contributed by atoms with Gasteiger partial charge >= 0.3 is 5.97 Å². The lowest BCUT2D eigenvalue weighted by Crippen LogP contribution is -2.35. The predicted molar refractivity (Wildman–Crippen MR) is 136 cm³/mol. The molecule has 2 aliphatic rings. The molecule has 168 valence electrons. The van der Waals surface area contributed by atoms with Crippen molar-refractivity contribution < 1.29 is 14.3 Å². The van der Waals surface area contributed by atoms with E-state index in [1.54, 1.807) is 59.9 Å². The molecule has 2 aliphatic heterocycles. The summed E-state index contributed by atoms with van der Waals surface area (Å²) in [6, 6.07) is 17.9. The number of rotatable bonds is 5. The van der Waals surface area contributed by atoms with Crippen LogP contribution in [0.5, 0.6) is 5.75 Å². The van der Waals surface area contributed by atoms with E-state index in [0.717, 1.165) is 15.5 Å². The van der Waals surface area contributed by atoms with Crippen LogP contribution in [0.15, 0.2) is 81.7 Å². The SMILES string of the molecule is Cc1cccc(C(=O)Oc2ccc(/C=C3/C(=N)N4N=C(Cc5cccs5)SC4=NC3=O)cc2)c1. The summed E-state index contributed by atoms with van der Waals surface area (Å²) >= 11 is 2.95. The molecule has 0 bridgehead atoms. The van der Waals surface area contributed by atoms with Crippen LogP contribution in [0.3, 0.4) is 0 Å². The molecule has 0 radical (unpaired) electrons. The summed E-state index contributed by atoms with van der Waals surface area (Å²) < 4.78 is 5.44. The second-order valence-corrected chi connectivity index (χ2v) is 9.67. The third-order valence-electron chi connectivity index (χ3n) is 5.06. The number of hydrogen-bond acceptors (Lipinski definition) is 7. The standard InChI is InChI=1S/C25H18N4O3S2/c1-15-4-2-5-17(12-15)24(31)32-18-9-7-16(8-10-18)13-20-22(26)29-25(27-23(20)30)34-21(28-29)14-19-6-3-11-33-19/h2-13,26H,14H2,1H3/b20-13-,26-22?. The minimum absolute atomic E-state index is 0.0152. The van der Waals surface area contributed by atoms with Crippen molar-refractivity contribution in [2.24, 2.45) is 10.1 Å². The molecule has 0 unspecified atom stereocenters. The topological polar surface area (TPSA) is 95.2 Å². The van der Waals surface area contributed by atoms with Gasteiger partial charge in [-0.25, -0.2) is 4.79 Å². The Morgan fingerprint density at radius 1 is 1.15 bits per heavy atom. The number of hydrazone groups is 1. The smallest absolute Gasteiger partial charge is 0.343 e. The quantitative estimate of drug-likeness (QED) is 0.306. The van der Waals surface area contributed by atoms with Gasteiger partial charge in [0, 0.05) is 11.3 Å². The molecule has 0 saturated heterocycles. The molecule has 0 saturated carbocycles. The molecule has 1 amide bonds. The monoisotopic (exact) mass is 486 g/mol. The van der Waals surface area contributed by atoms with E-state index in [9.17, 15) is 9.59 Å². The summed E-state index contributed by atoms with van der Waals surface area (Å²) in [6.07, 6.45) is 2.23. The van der Waals surface area contributed by atoms with Gasteiger partial charge in [0.15, 0.2) is 5.84 Å². The van der Waals surface area contributed by atoms with Gasteiger partial charge in [-0.3, -0.25) is 10.2 Å². The minimum Gasteiger partial charge on any atom is -0.423 e. The molecule has 0 fully saturated rings. The Morgan fingerprint density at radius 3 is 2.71 bits per heavy atom. The van der Waals surface area contributed by atoms with Crippen LogP contribution < -0.4 is 4.74 Å². The first-order valence-electron chi connectivity index (χ1n) is 10.4. The number of nitrogens with one attached hydrogen (secondary N) is 1. The molecule has 2 aromatic carbocycles. The maximum Gasteiger partial charge on any atom is 0.343 e. The number of aliphatic imine (C=N–C) groups is 1. The Bertz CT molecular complexity index is 1390. The zero-order valence-electron chi connectivity index (χ0n) is 18.0. The zero-order chi connectivity index (χ0) is 23.7. The lowest BCUT2D eigenvalue weighted by molar-refractivity contribution is -0.114. The second-order valence-electron chi connectivity index (χ2n) is 7.60. The summed E-state index contributed by atoms with van der Waals surface area (Å²) in [4.78, 5) is 30.2. The number of amides is 1. The van der Waals surface area contributed by atoms with Crippen molar-refractivity contribution in [2.45, 2.75) is 13.3 Å². The fourth-order valence-corrected chi connectivity index (χ4v) is 5.11. The van der Waals surface area contributed by atoms with Crippen LogP contribution in [0.2, 0.25) is 0 Å². The van der Waals surface area contributed by atoms with Crippen LogP contribution in [0.4, 0.5) is 0 Å². The number of benzene rings is 2. The first-order valence-corrected chi connectivity index (χ1v) is 12.1. The Labute approximate surface area is 204 Å². The highest BCUT2D eigenvalue weighted by molar-refractivity contribution is 8.27. The van der Waals surface area contributed by atoms with Crippen LogP contribution in [-0.4, -0.2) is 32.9 Å². The normalized spacial score (nSPS) is 16.4. The second kappa shape index (κ2) is 9.20. The van der Waals surface area contributed by atoms with Gasteiger partial charge in [0.25, 0.3) is 5.91 Å². The molecule has 5 rings (SSSR count). The number of amidine groups is 2. The summed E-state index contributed by atoms with van der Waals surface area (Å²) in [5.41, 5.74) is 2.27. The van der Waals surface area contributed by atoms with Crippen molar-refractivity contribution in [3.05, 3.63) is 93.2 Å². The summed E-state index contributed by atoms with van der Waals surface area (Å²) in [7, 11) is 0. The van der Waals surface area contributed by atoms with Crippen molar-refractivity contribution in [2.75, 3.05) is 0 Å². The van der Waals surface area contributed by atoms with Gasteiger partial charge in [0.2, 0.25) is 5.17 Å². The van der Waals surface area contributed by atoms with Gasteiger partial charge in [-0.2, -0.15) is 15.1 Å². The lowest BCUT2D eigenvalue weighted by Gasteiger charge is -2.20. The molecule has 0 aliphatic carbocycles. The van der Waals surface area contributed by atoms with Crippen LogP contribution in [0.25, 0.3) is 6.08 Å². The van der Waals surface area contributed by atoms with Gasteiger partial charge < -0.3 is 4.74 Å². The van der Waals surface area contributed by atoms with E-state index < -0.39 is 11.9 Å². The molecule has 0 spiro atoms. The average molecular weight is 487 g/mol. The molecule has 3 heterocycles. The molecular weight excluding hydrogens is 468 g/mol. The van der Waals surface area contributed by atoms with Gasteiger partial charge in [-0.15, -0.1) is 11.3 Å². The number of thioether (sulfide) groups is 1. The molecule has 1 aromatic heterocycles. The van der Waals surface area contributed by atoms with E-state index in [0.29, 0.717) is 28.5 Å². The molecule has 9 heteroatoms. The van der Waals surface area contributed by atoms with Crippen molar-refractivity contribution in [1.29, 1.82) is 5.41 Å². The Hall–Kier alpha value is -3.82. The van der Waals surface area contributed by atoms with E-state index >= 15 is 0 Å². The number of esters is 1. The summed E-state index contributed by atoms with van der Waals surface area (Å²) in [5, 5.41) is 17.6. The van der Waals surface area contributed by atoms with E-state index in [1.165, 1.54) is 16.8 Å². The van der Waals surface area contributed by atoms with Gasteiger partial charge in [-0.1, -0.05) is 35.9 Å². The fourth-order valence-electron chi connectivity index (χ4n) is 3.40. The van der Waals surface area contributed by atoms with Crippen molar-refractivity contribution in [3.8, 4) is 5.75 Å². The summed E-state index contributed by atoms with van der Waals surface area (Å²) in [5.74, 6) is -0.550. The van der Waals surface area contributed by atoms with Crippen LogP contribution in [0.1, 0.15) is 26.4 Å². The maximum atomic E-state index is 12.6. The zero-order valence-corrected chi connectivity index (χ0v) is 19.7. The van der Waals surface area contributed by atoms with E-state index in [4.69, 9.17) is 10.1 Å². The summed E-state index contributed by atoms with van der Waals surface area (Å²) in [6.45, 7) is 1.91.